The summed E-state index contributed by atoms with van der Waals surface area (Å²) in [5, 5.41) is 16.8. The summed E-state index contributed by atoms with van der Waals surface area (Å²) >= 11 is 0. The zero-order chi connectivity index (χ0) is 23.4. The number of rotatable bonds is 9. The summed E-state index contributed by atoms with van der Waals surface area (Å²) in [6, 6.07) is 6.00. The number of fused-ring (bicyclic) bond motifs is 1. The molecule has 0 aliphatic carbocycles. The van der Waals surface area contributed by atoms with Gasteiger partial charge in [0, 0.05) is 43.4 Å². The van der Waals surface area contributed by atoms with E-state index in [9.17, 15) is 9.50 Å². The second-order valence-electron chi connectivity index (χ2n) is 7.49. The Morgan fingerprint density at radius 3 is 2.76 bits per heavy atom. The Bertz CT molecular complexity index is 1280. The molecule has 0 amide bonds. The third-order valence-electron chi connectivity index (χ3n) is 5.15. The van der Waals surface area contributed by atoms with Crippen LogP contribution >= 0.6 is 0 Å². The normalized spacial score (nSPS) is 11.0. The Balaban J connectivity index is 1.50. The van der Waals surface area contributed by atoms with Gasteiger partial charge in [-0.15, -0.1) is 0 Å². The summed E-state index contributed by atoms with van der Waals surface area (Å²) in [5.41, 5.74) is 2.08. The largest absolute Gasteiger partial charge is 0.508 e. The number of methoxy groups -OCH3 is 1. The van der Waals surface area contributed by atoms with E-state index in [-0.39, 0.29) is 11.4 Å². The van der Waals surface area contributed by atoms with Gasteiger partial charge in [0.15, 0.2) is 11.5 Å². The van der Waals surface area contributed by atoms with Crippen LogP contribution < -0.4 is 20.1 Å². The molecule has 0 atom stereocenters. The Hall–Kier alpha value is -3.92. The minimum atomic E-state index is -0.498. The van der Waals surface area contributed by atoms with Crippen molar-refractivity contribution in [2.45, 2.75) is 13.5 Å². The summed E-state index contributed by atoms with van der Waals surface area (Å²) in [7, 11) is 3.47. The second-order valence-corrected chi connectivity index (χ2v) is 7.49. The molecular weight excluding hydrogens is 427 g/mol. The van der Waals surface area contributed by atoms with E-state index >= 15 is 0 Å². The molecular formula is C23H25FN6O3. The minimum Gasteiger partial charge on any atom is -0.508 e. The minimum absolute atomic E-state index is 0.0119. The lowest BCUT2D eigenvalue weighted by atomic mass is 10.1. The number of phenols is 1. The Morgan fingerprint density at radius 2 is 2.00 bits per heavy atom. The number of phenolic OH excluding ortho intramolecular Hbond substituents is 1. The number of aromatic nitrogens is 4. The highest BCUT2D eigenvalue weighted by Crippen LogP contribution is 2.36. The summed E-state index contributed by atoms with van der Waals surface area (Å²) in [4.78, 5) is 12.8. The van der Waals surface area contributed by atoms with E-state index < -0.39 is 5.82 Å². The van der Waals surface area contributed by atoms with Crippen LogP contribution in [0.2, 0.25) is 0 Å². The molecule has 4 rings (SSSR count). The van der Waals surface area contributed by atoms with Crippen LogP contribution in [-0.2, 0) is 13.6 Å². The first-order chi connectivity index (χ1) is 16.0. The number of aryl methyl sites for hydroxylation is 1. The molecule has 10 heteroatoms. The maximum atomic E-state index is 14.4. The average Bonchev–Trinajstić information content (AvgIpc) is 3.23. The van der Waals surface area contributed by atoms with E-state index in [2.05, 4.69) is 25.6 Å². The van der Waals surface area contributed by atoms with Crippen molar-refractivity contribution in [1.29, 1.82) is 0 Å². The lowest BCUT2D eigenvalue weighted by molar-refractivity contribution is 0.292. The molecule has 4 aromatic rings. The summed E-state index contributed by atoms with van der Waals surface area (Å²) in [6.45, 7) is 3.30. The molecule has 0 saturated carbocycles. The van der Waals surface area contributed by atoms with Gasteiger partial charge >= 0.3 is 0 Å². The highest BCUT2D eigenvalue weighted by Gasteiger charge is 2.15. The third kappa shape index (κ3) is 4.96. The van der Waals surface area contributed by atoms with Crippen molar-refractivity contribution in [3.63, 3.8) is 0 Å². The van der Waals surface area contributed by atoms with Crippen molar-refractivity contribution < 1.29 is 19.0 Å². The van der Waals surface area contributed by atoms with Crippen LogP contribution in [0.25, 0.3) is 10.9 Å². The first kappa shape index (κ1) is 22.3. The molecule has 2 aromatic heterocycles. The van der Waals surface area contributed by atoms with E-state index in [1.54, 1.807) is 32.5 Å². The number of halogens is 1. The van der Waals surface area contributed by atoms with Gasteiger partial charge in [0.05, 0.1) is 30.3 Å². The summed E-state index contributed by atoms with van der Waals surface area (Å²) < 4.78 is 27.7. The smallest absolute Gasteiger partial charge is 0.163 e. The van der Waals surface area contributed by atoms with Gasteiger partial charge in [-0.3, -0.25) is 0 Å². The van der Waals surface area contributed by atoms with Gasteiger partial charge in [-0.25, -0.2) is 19.3 Å². The number of aromatic hydroxyl groups is 1. The number of imidazole rings is 1. The fourth-order valence-electron chi connectivity index (χ4n) is 3.38. The Kier molecular flexibility index (Phi) is 6.55. The van der Waals surface area contributed by atoms with Crippen LogP contribution in [0.3, 0.4) is 0 Å². The predicted molar refractivity (Wildman–Crippen MR) is 123 cm³/mol. The maximum absolute atomic E-state index is 14.4. The van der Waals surface area contributed by atoms with Crippen LogP contribution in [0.15, 0.2) is 43.1 Å². The highest BCUT2D eigenvalue weighted by atomic mass is 19.1. The average molecular weight is 452 g/mol. The predicted octanol–water partition coefficient (Wildman–Crippen LogP) is 3.44. The van der Waals surface area contributed by atoms with Crippen molar-refractivity contribution in [2.75, 3.05) is 25.6 Å². The molecule has 3 N–H and O–H groups in total. The molecule has 0 fully saturated rings. The van der Waals surface area contributed by atoms with Crippen molar-refractivity contribution in [2.24, 2.45) is 7.05 Å². The number of nitrogens with zero attached hydrogens (tertiary/aromatic N) is 4. The van der Waals surface area contributed by atoms with Crippen LogP contribution in [-0.4, -0.2) is 44.9 Å². The van der Waals surface area contributed by atoms with Gasteiger partial charge in [0.25, 0.3) is 0 Å². The number of nitrogens with one attached hydrogen (secondary N) is 2. The topological polar surface area (TPSA) is 106 Å². The van der Waals surface area contributed by atoms with Gasteiger partial charge in [0.2, 0.25) is 0 Å². The second kappa shape index (κ2) is 9.70. The standard InChI is InChI=1S/C23H25FN6O3/c1-14-19(31)5-4-17(24)22(14)29-23-16-8-20(32-3)21(9-18(16)26-12-27-23)33-7-6-25-10-15-11-30(2)13-28-15/h4-5,8-9,11-13,25,31H,6-7,10H2,1-3H3,(H,26,27,29). The van der Waals surface area contributed by atoms with Crippen molar-refractivity contribution in [1.82, 2.24) is 24.8 Å². The number of hydrogen-bond donors (Lipinski definition) is 3. The van der Waals surface area contributed by atoms with Gasteiger partial charge in [-0.2, -0.15) is 0 Å². The number of hydrogen-bond acceptors (Lipinski definition) is 8. The molecule has 0 bridgehead atoms. The number of ether oxygens (including phenoxy) is 2. The van der Waals surface area contributed by atoms with E-state index in [1.165, 1.54) is 18.5 Å². The first-order valence-corrected chi connectivity index (χ1v) is 10.3. The van der Waals surface area contributed by atoms with Crippen LogP contribution in [0.4, 0.5) is 15.9 Å². The molecule has 0 aliphatic rings. The molecule has 172 valence electrons. The Labute approximate surface area is 190 Å². The maximum Gasteiger partial charge on any atom is 0.163 e. The van der Waals surface area contributed by atoms with Gasteiger partial charge in [-0.05, 0) is 25.1 Å². The number of benzene rings is 2. The van der Waals surface area contributed by atoms with E-state index in [0.717, 1.165) is 5.69 Å². The molecule has 33 heavy (non-hydrogen) atoms. The number of anilines is 2. The van der Waals surface area contributed by atoms with Crippen LogP contribution in [0, 0.1) is 12.7 Å². The lowest BCUT2D eigenvalue weighted by Gasteiger charge is -2.15. The van der Waals surface area contributed by atoms with Gasteiger partial charge < -0.3 is 29.8 Å². The fraction of sp³-hybridized carbons (Fsp3) is 0.261. The molecule has 2 heterocycles. The molecule has 2 aromatic carbocycles. The molecule has 0 spiro atoms. The summed E-state index contributed by atoms with van der Waals surface area (Å²) in [6.07, 6.45) is 5.09. The van der Waals surface area contributed by atoms with Crippen LogP contribution in [0.5, 0.6) is 17.2 Å². The summed E-state index contributed by atoms with van der Waals surface area (Å²) in [5.74, 6) is 0.908. The monoisotopic (exact) mass is 452 g/mol. The molecule has 0 radical (unpaired) electrons. The van der Waals surface area contributed by atoms with Gasteiger partial charge in [0.1, 0.15) is 30.3 Å². The zero-order valence-electron chi connectivity index (χ0n) is 18.6. The van der Waals surface area contributed by atoms with E-state index in [1.807, 2.05) is 17.8 Å². The Morgan fingerprint density at radius 1 is 1.15 bits per heavy atom. The van der Waals surface area contributed by atoms with E-state index in [4.69, 9.17) is 9.47 Å². The SMILES string of the molecule is COc1cc2c(Nc3c(F)ccc(O)c3C)ncnc2cc1OCCNCc1cn(C)cn1. The highest BCUT2D eigenvalue weighted by molar-refractivity contribution is 5.93. The molecule has 9 nitrogen and oxygen atoms in total. The molecule has 0 unspecified atom stereocenters. The van der Waals surface area contributed by atoms with E-state index in [0.29, 0.717) is 53.5 Å². The molecule has 0 aliphatic heterocycles. The quantitative estimate of drug-likeness (QED) is 0.332. The van der Waals surface area contributed by atoms with Crippen molar-refractivity contribution in [3.05, 3.63) is 60.2 Å². The molecule has 0 saturated heterocycles. The third-order valence-corrected chi connectivity index (χ3v) is 5.15. The van der Waals surface area contributed by atoms with Gasteiger partial charge in [-0.1, -0.05) is 0 Å². The first-order valence-electron chi connectivity index (χ1n) is 10.3. The van der Waals surface area contributed by atoms with Crippen LogP contribution in [0.1, 0.15) is 11.3 Å². The fourth-order valence-corrected chi connectivity index (χ4v) is 3.38. The lowest BCUT2D eigenvalue weighted by Crippen LogP contribution is -2.20. The zero-order valence-corrected chi connectivity index (χ0v) is 18.6. The van der Waals surface area contributed by atoms with Crippen molar-refractivity contribution >= 4 is 22.4 Å². The van der Waals surface area contributed by atoms with Crippen molar-refractivity contribution in [3.8, 4) is 17.2 Å².